The van der Waals surface area contributed by atoms with E-state index in [9.17, 15) is 4.79 Å². The summed E-state index contributed by atoms with van der Waals surface area (Å²) in [7, 11) is 0. The van der Waals surface area contributed by atoms with Crippen LogP contribution in [0.2, 0.25) is 0 Å². The van der Waals surface area contributed by atoms with Gasteiger partial charge in [0, 0.05) is 30.9 Å². The molecule has 0 atom stereocenters. The van der Waals surface area contributed by atoms with Gasteiger partial charge in [-0.05, 0) is 67.3 Å². The van der Waals surface area contributed by atoms with Gasteiger partial charge in [0.2, 0.25) is 0 Å². The maximum atomic E-state index is 12.5. The number of morpholine rings is 1. The second-order valence-electron chi connectivity index (χ2n) is 6.78. The molecule has 0 saturated carbocycles. The van der Waals surface area contributed by atoms with Gasteiger partial charge in [-0.2, -0.15) is 0 Å². The molecule has 0 unspecified atom stereocenters. The third-order valence-electron chi connectivity index (χ3n) is 4.87. The van der Waals surface area contributed by atoms with Crippen LogP contribution >= 0.6 is 0 Å². The Morgan fingerprint density at radius 3 is 2.44 bits per heavy atom. The Labute approximate surface area is 149 Å². The molecule has 0 radical (unpaired) electrons. The summed E-state index contributed by atoms with van der Waals surface area (Å²) in [5, 5.41) is 2.99. The quantitative estimate of drug-likeness (QED) is 0.924. The molecule has 1 heterocycles. The van der Waals surface area contributed by atoms with Gasteiger partial charge in [-0.15, -0.1) is 0 Å². The van der Waals surface area contributed by atoms with Gasteiger partial charge in [-0.25, -0.2) is 0 Å². The first-order valence-electron chi connectivity index (χ1n) is 8.81. The fraction of sp³-hybridized carbons (Fsp3) is 0.381. The first-order valence-corrected chi connectivity index (χ1v) is 8.81. The van der Waals surface area contributed by atoms with Crippen LogP contribution in [0.1, 0.15) is 32.6 Å². The Kier molecular flexibility index (Phi) is 5.51. The second-order valence-corrected chi connectivity index (χ2v) is 6.78. The van der Waals surface area contributed by atoms with Gasteiger partial charge < -0.3 is 10.1 Å². The van der Waals surface area contributed by atoms with E-state index in [1.54, 1.807) is 0 Å². The molecule has 1 aliphatic heterocycles. The molecule has 0 spiro atoms. The maximum absolute atomic E-state index is 12.5. The molecule has 1 fully saturated rings. The largest absolute Gasteiger partial charge is 0.379 e. The van der Waals surface area contributed by atoms with Crippen molar-refractivity contribution in [3.63, 3.8) is 0 Å². The van der Waals surface area contributed by atoms with Crippen LogP contribution in [0.4, 0.5) is 5.69 Å². The summed E-state index contributed by atoms with van der Waals surface area (Å²) in [5.74, 6) is -0.0655. The van der Waals surface area contributed by atoms with Crippen LogP contribution in [0.5, 0.6) is 0 Å². The van der Waals surface area contributed by atoms with Crippen molar-refractivity contribution in [1.82, 2.24) is 4.90 Å². The lowest BCUT2D eigenvalue weighted by Gasteiger charge is -2.27. The zero-order valence-corrected chi connectivity index (χ0v) is 15.3. The van der Waals surface area contributed by atoms with Crippen molar-refractivity contribution in [3.8, 4) is 0 Å². The normalized spacial score (nSPS) is 15.2. The number of carbonyl (C=O) groups excluding carboxylic acids is 1. The number of anilines is 1. The molecule has 2 aromatic carbocycles. The molecule has 4 heteroatoms. The molecule has 25 heavy (non-hydrogen) atoms. The molecule has 0 aliphatic carbocycles. The predicted molar refractivity (Wildman–Crippen MR) is 101 cm³/mol. The smallest absolute Gasteiger partial charge is 0.255 e. The van der Waals surface area contributed by atoms with E-state index in [1.807, 2.05) is 30.3 Å². The Morgan fingerprint density at radius 1 is 1.00 bits per heavy atom. The van der Waals surface area contributed by atoms with E-state index >= 15 is 0 Å². The van der Waals surface area contributed by atoms with Crippen molar-refractivity contribution in [2.75, 3.05) is 31.6 Å². The minimum Gasteiger partial charge on any atom is -0.379 e. The van der Waals surface area contributed by atoms with Gasteiger partial charge in [0.1, 0.15) is 0 Å². The molecule has 2 aromatic rings. The summed E-state index contributed by atoms with van der Waals surface area (Å²) in [6.45, 7) is 10.6. The number of ether oxygens (including phenoxy) is 1. The molecule has 1 saturated heterocycles. The van der Waals surface area contributed by atoms with Crippen LogP contribution in [-0.4, -0.2) is 37.1 Å². The Hall–Kier alpha value is -2.17. The van der Waals surface area contributed by atoms with Gasteiger partial charge in [0.05, 0.1) is 13.2 Å². The zero-order chi connectivity index (χ0) is 17.8. The first-order chi connectivity index (χ1) is 12.0. The minimum atomic E-state index is -0.0655. The SMILES string of the molecule is Cc1ccc(NC(=O)c2ccc(CN3CCOCC3)c(C)c2)cc1C. The number of rotatable bonds is 4. The molecule has 132 valence electrons. The van der Waals surface area contributed by atoms with Gasteiger partial charge in [-0.3, -0.25) is 9.69 Å². The highest BCUT2D eigenvalue weighted by Crippen LogP contribution is 2.18. The standard InChI is InChI=1S/C21H26N2O2/c1-15-4-7-20(13-16(15)2)22-21(24)18-5-6-19(17(3)12-18)14-23-8-10-25-11-9-23/h4-7,12-13H,8-11,14H2,1-3H3,(H,22,24). The van der Waals surface area contributed by atoms with Crippen LogP contribution in [0.25, 0.3) is 0 Å². The van der Waals surface area contributed by atoms with E-state index < -0.39 is 0 Å². The summed E-state index contributed by atoms with van der Waals surface area (Å²) in [6.07, 6.45) is 0. The molecule has 0 bridgehead atoms. The minimum absolute atomic E-state index is 0.0655. The fourth-order valence-electron chi connectivity index (χ4n) is 3.04. The number of benzene rings is 2. The Bertz CT molecular complexity index is 764. The predicted octanol–water partition coefficient (Wildman–Crippen LogP) is 3.70. The van der Waals surface area contributed by atoms with E-state index in [0.717, 1.165) is 44.1 Å². The van der Waals surface area contributed by atoms with Gasteiger partial charge >= 0.3 is 0 Å². The van der Waals surface area contributed by atoms with Gasteiger partial charge in [0.25, 0.3) is 5.91 Å². The van der Waals surface area contributed by atoms with Crippen molar-refractivity contribution in [2.45, 2.75) is 27.3 Å². The van der Waals surface area contributed by atoms with Crippen LogP contribution in [0.3, 0.4) is 0 Å². The summed E-state index contributed by atoms with van der Waals surface area (Å²) >= 11 is 0. The van der Waals surface area contributed by atoms with E-state index in [4.69, 9.17) is 4.74 Å². The molecule has 0 aromatic heterocycles. The number of nitrogens with zero attached hydrogens (tertiary/aromatic N) is 1. The monoisotopic (exact) mass is 338 g/mol. The lowest BCUT2D eigenvalue weighted by Crippen LogP contribution is -2.35. The molecular weight excluding hydrogens is 312 g/mol. The number of aryl methyl sites for hydroxylation is 3. The summed E-state index contributed by atoms with van der Waals surface area (Å²) in [6, 6.07) is 11.9. The Balaban J connectivity index is 1.68. The number of hydrogen-bond donors (Lipinski definition) is 1. The highest BCUT2D eigenvalue weighted by molar-refractivity contribution is 6.04. The molecule has 1 N–H and O–H groups in total. The molecular formula is C21H26N2O2. The van der Waals surface area contributed by atoms with E-state index in [1.165, 1.54) is 16.7 Å². The maximum Gasteiger partial charge on any atom is 0.255 e. The highest BCUT2D eigenvalue weighted by atomic mass is 16.5. The fourth-order valence-corrected chi connectivity index (χ4v) is 3.04. The van der Waals surface area contributed by atoms with Gasteiger partial charge in [0.15, 0.2) is 0 Å². The van der Waals surface area contributed by atoms with Crippen molar-refractivity contribution >= 4 is 11.6 Å². The zero-order valence-electron chi connectivity index (χ0n) is 15.3. The lowest BCUT2D eigenvalue weighted by molar-refractivity contribution is 0.0341. The number of carbonyl (C=O) groups is 1. The molecule has 3 rings (SSSR count). The van der Waals surface area contributed by atoms with E-state index in [2.05, 4.69) is 37.1 Å². The average Bonchev–Trinajstić information content (AvgIpc) is 2.61. The van der Waals surface area contributed by atoms with Crippen molar-refractivity contribution in [2.24, 2.45) is 0 Å². The summed E-state index contributed by atoms with van der Waals surface area (Å²) in [5.41, 5.74) is 6.35. The summed E-state index contributed by atoms with van der Waals surface area (Å²) < 4.78 is 5.40. The highest BCUT2D eigenvalue weighted by Gasteiger charge is 2.13. The summed E-state index contributed by atoms with van der Waals surface area (Å²) in [4.78, 5) is 14.9. The second kappa shape index (κ2) is 7.81. The topological polar surface area (TPSA) is 41.6 Å². The number of nitrogens with one attached hydrogen (secondary N) is 1. The number of amides is 1. The average molecular weight is 338 g/mol. The molecule has 1 amide bonds. The first kappa shape index (κ1) is 17.6. The molecule has 1 aliphatic rings. The third kappa shape index (κ3) is 4.47. The lowest BCUT2D eigenvalue weighted by atomic mass is 10.0. The van der Waals surface area contributed by atoms with Crippen LogP contribution in [0.15, 0.2) is 36.4 Å². The Morgan fingerprint density at radius 2 is 1.76 bits per heavy atom. The third-order valence-corrected chi connectivity index (χ3v) is 4.87. The molecule has 4 nitrogen and oxygen atoms in total. The van der Waals surface area contributed by atoms with Gasteiger partial charge in [-0.1, -0.05) is 12.1 Å². The van der Waals surface area contributed by atoms with Crippen LogP contribution in [-0.2, 0) is 11.3 Å². The van der Waals surface area contributed by atoms with Crippen molar-refractivity contribution in [3.05, 3.63) is 64.2 Å². The van der Waals surface area contributed by atoms with Crippen LogP contribution < -0.4 is 5.32 Å². The number of hydrogen-bond acceptors (Lipinski definition) is 3. The van der Waals surface area contributed by atoms with Crippen molar-refractivity contribution in [1.29, 1.82) is 0 Å². The van der Waals surface area contributed by atoms with E-state index in [-0.39, 0.29) is 5.91 Å². The van der Waals surface area contributed by atoms with Crippen LogP contribution in [0, 0.1) is 20.8 Å². The van der Waals surface area contributed by atoms with Crippen molar-refractivity contribution < 1.29 is 9.53 Å². The van der Waals surface area contributed by atoms with E-state index in [0.29, 0.717) is 5.56 Å².